The highest BCUT2D eigenvalue weighted by Gasteiger charge is 2.44. The molecular formula is C22H30N4O3. The highest BCUT2D eigenvalue weighted by atomic mass is 16.2. The number of benzene rings is 1. The van der Waals surface area contributed by atoms with Crippen LogP contribution in [0.4, 0.5) is 0 Å². The lowest BCUT2D eigenvalue weighted by molar-refractivity contribution is -0.136. The third-order valence-electron chi connectivity index (χ3n) is 5.95. The number of amides is 3. The minimum absolute atomic E-state index is 0.150. The molecule has 2 atom stereocenters. The van der Waals surface area contributed by atoms with Gasteiger partial charge in [0.15, 0.2) is 0 Å². The molecule has 0 unspecified atom stereocenters. The number of primary amides is 1. The number of carbonyl (C=O) groups is 3. The van der Waals surface area contributed by atoms with Gasteiger partial charge in [0.2, 0.25) is 17.7 Å². The van der Waals surface area contributed by atoms with Crippen LogP contribution in [0.5, 0.6) is 0 Å². The van der Waals surface area contributed by atoms with E-state index < -0.39 is 17.5 Å². The molecule has 1 aromatic heterocycles. The van der Waals surface area contributed by atoms with Crippen LogP contribution in [-0.4, -0.2) is 34.3 Å². The van der Waals surface area contributed by atoms with E-state index in [1.54, 1.807) is 0 Å². The third-order valence-corrected chi connectivity index (χ3v) is 5.95. The first-order chi connectivity index (χ1) is 13.6. The molecule has 5 N–H and O–H groups in total. The maximum absolute atomic E-state index is 13.4. The Balaban J connectivity index is 2.05. The van der Waals surface area contributed by atoms with Gasteiger partial charge in [-0.2, -0.15) is 0 Å². The minimum atomic E-state index is -1.12. The van der Waals surface area contributed by atoms with Gasteiger partial charge in [0.05, 0.1) is 0 Å². The van der Waals surface area contributed by atoms with Gasteiger partial charge in [-0.05, 0) is 49.3 Å². The van der Waals surface area contributed by atoms with Crippen LogP contribution in [0.2, 0.25) is 0 Å². The fraction of sp³-hybridized carbons (Fsp3) is 0.500. The Kier molecular flexibility index (Phi) is 5.43. The van der Waals surface area contributed by atoms with E-state index >= 15 is 0 Å². The average Bonchev–Trinajstić information content (AvgIpc) is 3.01. The smallest absolute Gasteiger partial charge is 0.246 e. The van der Waals surface area contributed by atoms with Gasteiger partial charge < -0.3 is 21.4 Å². The number of fused-ring (bicyclic) bond motifs is 3. The summed E-state index contributed by atoms with van der Waals surface area (Å²) in [6.45, 7) is 9.16. The van der Waals surface area contributed by atoms with E-state index in [1.165, 1.54) is 6.92 Å². The van der Waals surface area contributed by atoms with Crippen molar-refractivity contribution in [1.29, 1.82) is 0 Å². The SMILES string of the molecule is CC(=O)N[C@@]1(C(=O)N[C@H](C(N)=O)C(C)C)CCc2[nH]c3c(C)ccc(C)c3c2C1. The van der Waals surface area contributed by atoms with Crippen molar-refractivity contribution < 1.29 is 14.4 Å². The van der Waals surface area contributed by atoms with Crippen LogP contribution in [0.15, 0.2) is 12.1 Å². The van der Waals surface area contributed by atoms with Crippen molar-refractivity contribution in [3.05, 3.63) is 34.5 Å². The number of carbonyl (C=O) groups excluding carboxylic acids is 3. The van der Waals surface area contributed by atoms with Crippen molar-refractivity contribution in [3.8, 4) is 0 Å². The topological polar surface area (TPSA) is 117 Å². The molecule has 0 saturated heterocycles. The second kappa shape index (κ2) is 7.54. The molecule has 0 fully saturated rings. The number of nitrogens with two attached hydrogens (primary N) is 1. The maximum Gasteiger partial charge on any atom is 0.246 e. The molecule has 1 aromatic carbocycles. The zero-order chi connectivity index (χ0) is 21.5. The van der Waals surface area contributed by atoms with Gasteiger partial charge in [-0.25, -0.2) is 0 Å². The summed E-state index contributed by atoms with van der Waals surface area (Å²) in [6.07, 6.45) is 1.43. The molecule has 0 radical (unpaired) electrons. The second-order valence-electron chi connectivity index (χ2n) is 8.57. The van der Waals surface area contributed by atoms with Gasteiger partial charge in [0.1, 0.15) is 11.6 Å². The Hall–Kier alpha value is -2.83. The molecule has 156 valence electrons. The van der Waals surface area contributed by atoms with Gasteiger partial charge in [-0.3, -0.25) is 14.4 Å². The average molecular weight is 399 g/mol. The Bertz CT molecular complexity index is 992. The van der Waals surface area contributed by atoms with Crippen LogP contribution < -0.4 is 16.4 Å². The number of aryl methyl sites for hydroxylation is 3. The van der Waals surface area contributed by atoms with Crippen molar-refractivity contribution in [3.63, 3.8) is 0 Å². The van der Waals surface area contributed by atoms with Crippen molar-refractivity contribution in [2.45, 2.75) is 65.5 Å². The first-order valence-electron chi connectivity index (χ1n) is 10.0. The van der Waals surface area contributed by atoms with Gasteiger partial charge in [-0.15, -0.1) is 0 Å². The van der Waals surface area contributed by atoms with Gasteiger partial charge in [-0.1, -0.05) is 26.0 Å². The first-order valence-corrected chi connectivity index (χ1v) is 10.0. The Labute approximate surface area is 170 Å². The van der Waals surface area contributed by atoms with Crippen LogP contribution in [-0.2, 0) is 27.2 Å². The second-order valence-corrected chi connectivity index (χ2v) is 8.57. The number of aromatic nitrogens is 1. The highest BCUT2D eigenvalue weighted by Crippen LogP contribution is 2.37. The minimum Gasteiger partial charge on any atom is -0.368 e. The van der Waals surface area contributed by atoms with E-state index in [1.807, 2.05) is 20.8 Å². The summed E-state index contributed by atoms with van der Waals surface area (Å²) >= 11 is 0. The Morgan fingerprint density at radius 2 is 1.83 bits per heavy atom. The molecule has 2 aromatic rings. The predicted molar refractivity (Wildman–Crippen MR) is 112 cm³/mol. The number of nitrogens with one attached hydrogen (secondary N) is 3. The van der Waals surface area contributed by atoms with Crippen LogP contribution in [0, 0.1) is 19.8 Å². The lowest BCUT2D eigenvalue weighted by atomic mass is 9.78. The monoisotopic (exact) mass is 398 g/mol. The lowest BCUT2D eigenvalue weighted by Gasteiger charge is -2.37. The molecular weight excluding hydrogens is 368 g/mol. The quantitative estimate of drug-likeness (QED) is 0.615. The fourth-order valence-corrected chi connectivity index (χ4v) is 4.42. The molecule has 29 heavy (non-hydrogen) atoms. The van der Waals surface area contributed by atoms with Crippen LogP contribution in [0.1, 0.15) is 49.6 Å². The van der Waals surface area contributed by atoms with Crippen molar-refractivity contribution in [2.75, 3.05) is 0 Å². The molecule has 0 aliphatic heterocycles. The predicted octanol–water partition coefficient (Wildman–Crippen LogP) is 1.77. The standard InChI is InChI=1S/C22H30N4O3/c1-11(2)18(20(23)28)25-21(29)22(26-14(5)27)9-8-16-15(10-22)17-12(3)6-7-13(4)19(17)24-16/h6-7,11,18,24H,8-10H2,1-5H3,(H2,23,28)(H,25,29)(H,26,27)/t18-,22-/m0/s1. The molecule has 7 nitrogen and oxygen atoms in total. The zero-order valence-corrected chi connectivity index (χ0v) is 17.7. The van der Waals surface area contributed by atoms with E-state index in [0.29, 0.717) is 19.3 Å². The summed E-state index contributed by atoms with van der Waals surface area (Å²) in [5.41, 5.74) is 9.86. The van der Waals surface area contributed by atoms with E-state index in [9.17, 15) is 14.4 Å². The van der Waals surface area contributed by atoms with Gasteiger partial charge >= 0.3 is 0 Å². The van der Waals surface area contributed by atoms with Crippen molar-refractivity contribution >= 4 is 28.6 Å². The highest BCUT2D eigenvalue weighted by molar-refractivity contribution is 5.97. The molecule has 1 aliphatic rings. The maximum atomic E-state index is 13.4. The van der Waals surface area contributed by atoms with Gasteiger partial charge in [0, 0.05) is 29.9 Å². The number of hydrogen-bond acceptors (Lipinski definition) is 3. The summed E-state index contributed by atoms with van der Waals surface area (Å²) in [7, 11) is 0. The number of aromatic amines is 1. The molecule has 1 aliphatic carbocycles. The summed E-state index contributed by atoms with van der Waals surface area (Å²) in [5.74, 6) is -1.38. The summed E-state index contributed by atoms with van der Waals surface area (Å²) in [5, 5.41) is 6.79. The van der Waals surface area contributed by atoms with E-state index in [-0.39, 0.29) is 17.7 Å². The van der Waals surface area contributed by atoms with Crippen LogP contribution in [0.3, 0.4) is 0 Å². The van der Waals surface area contributed by atoms with E-state index in [4.69, 9.17) is 5.73 Å². The number of hydrogen-bond donors (Lipinski definition) is 4. The molecule has 1 heterocycles. The van der Waals surface area contributed by atoms with Crippen LogP contribution >= 0.6 is 0 Å². The van der Waals surface area contributed by atoms with E-state index in [2.05, 4.69) is 34.7 Å². The molecule has 0 bridgehead atoms. The van der Waals surface area contributed by atoms with Crippen molar-refractivity contribution in [1.82, 2.24) is 15.6 Å². The molecule has 7 heteroatoms. The molecule has 3 rings (SSSR count). The molecule has 0 saturated carbocycles. The zero-order valence-electron chi connectivity index (χ0n) is 17.7. The lowest BCUT2D eigenvalue weighted by Crippen LogP contribution is -2.64. The van der Waals surface area contributed by atoms with Crippen LogP contribution in [0.25, 0.3) is 10.9 Å². The first kappa shape index (κ1) is 20.9. The fourth-order valence-electron chi connectivity index (χ4n) is 4.42. The van der Waals surface area contributed by atoms with Gasteiger partial charge in [0.25, 0.3) is 0 Å². The molecule has 0 spiro atoms. The molecule has 3 amide bonds. The number of rotatable bonds is 5. The largest absolute Gasteiger partial charge is 0.368 e. The summed E-state index contributed by atoms with van der Waals surface area (Å²) in [4.78, 5) is 40.7. The normalized spacial score (nSPS) is 19.7. The van der Waals surface area contributed by atoms with Crippen molar-refractivity contribution in [2.24, 2.45) is 11.7 Å². The summed E-state index contributed by atoms with van der Waals surface area (Å²) in [6, 6.07) is 3.36. The Morgan fingerprint density at radius 3 is 2.41 bits per heavy atom. The van der Waals surface area contributed by atoms with E-state index in [0.717, 1.165) is 33.3 Å². The third kappa shape index (κ3) is 3.73. The number of H-pyrrole nitrogens is 1. The summed E-state index contributed by atoms with van der Waals surface area (Å²) < 4.78 is 0. The Morgan fingerprint density at radius 1 is 1.17 bits per heavy atom.